The van der Waals surface area contributed by atoms with Crippen molar-refractivity contribution in [1.82, 2.24) is 5.32 Å². The first kappa shape index (κ1) is 13.3. The van der Waals surface area contributed by atoms with Crippen molar-refractivity contribution in [2.24, 2.45) is 0 Å². The Hall–Kier alpha value is -1.17. The molecule has 0 aromatic heterocycles. The summed E-state index contributed by atoms with van der Waals surface area (Å²) in [6.45, 7) is 3.32. The minimum atomic E-state index is -0.492. The molecule has 0 bridgehead atoms. The van der Waals surface area contributed by atoms with E-state index < -0.39 is 5.82 Å². The van der Waals surface area contributed by atoms with Gasteiger partial charge >= 0.3 is 0 Å². The summed E-state index contributed by atoms with van der Waals surface area (Å²) >= 11 is 5.68. The van der Waals surface area contributed by atoms with Crippen LogP contribution in [0.5, 0.6) is 0 Å². The average molecular weight is 273 g/mol. The maximum Gasteiger partial charge on any atom is 0.250 e. The molecule has 1 heterocycles. The van der Waals surface area contributed by atoms with Crippen molar-refractivity contribution in [2.45, 2.75) is 12.5 Å². The molecule has 0 saturated carbocycles. The number of amides is 1. The molecular weight excluding hydrogens is 259 g/mol. The van der Waals surface area contributed by atoms with Crippen LogP contribution in [0.4, 0.5) is 10.1 Å². The van der Waals surface area contributed by atoms with Crippen molar-refractivity contribution in [3.05, 3.63) is 29.0 Å². The third kappa shape index (κ3) is 3.41. The zero-order chi connectivity index (χ0) is 13.2. The third-order valence-electron chi connectivity index (χ3n) is 2.70. The first-order valence-corrected chi connectivity index (χ1v) is 5.95. The fourth-order valence-corrected chi connectivity index (χ4v) is 1.86. The minimum Gasteiger partial charge on any atom is -0.363 e. The Morgan fingerprint density at radius 1 is 1.56 bits per heavy atom. The number of nitrogens with one attached hydrogen (secondary N) is 2. The van der Waals surface area contributed by atoms with Crippen LogP contribution >= 0.6 is 11.6 Å². The topological polar surface area (TPSA) is 50.4 Å². The molecule has 0 atom stereocenters. The van der Waals surface area contributed by atoms with Crippen LogP contribution in [0, 0.1) is 5.82 Å². The van der Waals surface area contributed by atoms with E-state index in [1.807, 2.05) is 6.92 Å². The summed E-state index contributed by atoms with van der Waals surface area (Å²) in [4.78, 5) is 11.6. The maximum absolute atomic E-state index is 13.0. The highest BCUT2D eigenvalue weighted by molar-refractivity contribution is 6.30. The van der Waals surface area contributed by atoms with E-state index in [9.17, 15) is 9.18 Å². The molecule has 0 unspecified atom stereocenters. The fraction of sp³-hybridized carbons (Fsp3) is 0.417. The van der Waals surface area contributed by atoms with Crippen LogP contribution in [0.3, 0.4) is 0 Å². The molecule has 4 nitrogen and oxygen atoms in total. The number of hydrogen-bond donors (Lipinski definition) is 2. The Kier molecular flexibility index (Phi) is 3.85. The van der Waals surface area contributed by atoms with Gasteiger partial charge in [0.05, 0.1) is 5.60 Å². The molecule has 18 heavy (non-hydrogen) atoms. The zero-order valence-electron chi connectivity index (χ0n) is 9.93. The molecule has 0 radical (unpaired) electrons. The Morgan fingerprint density at radius 2 is 2.28 bits per heavy atom. The van der Waals surface area contributed by atoms with E-state index in [1.165, 1.54) is 18.2 Å². The van der Waals surface area contributed by atoms with Crippen LogP contribution in [0.2, 0.25) is 5.02 Å². The first-order valence-electron chi connectivity index (χ1n) is 5.57. The highest BCUT2D eigenvalue weighted by Gasteiger charge is 2.32. The predicted octanol–water partition coefficient (Wildman–Crippen LogP) is 1.80. The molecule has 2 N–H and O–H groups in total. The lowest BCUT2D eigenvalue weighted by atomic mass is 10.0. The van der Waals surface area contributed by atoms with Crippen molar-refractivity contribution in [3.63, 3.8) is 0 Å². The highest BCUT2D eigenvalue weighted by atomic mass is 35.5. The quantitative estimate of drug-likeness (QED) is 0.879. The van der Waals surface area contributed by atoms with Crippen LogP contribution in [0.1, 0.15) is 6.92 Å². The largest absolute Gasteiger partial charge is 0.363 e. The summed E-state index contributed by atoms with van der Waals surface area (Å²) in [6, 6.07) is 3.86. The van der Waals surface area contributed by atoms with Crippen LogP contribution in [-0.4, -0.2) is 31.2 Å². The minimum absolute atomic E-state index is 0.0632. The standard InChI is InChI=1S/C12H14ClFN2O2/c1-12(6-15-7-12)18-5-11(17)16-10-3-8(13)2-9(14)4-10/h2-4,15H,5-7H2,1H3,(H,16,17). The SMILES string of the molecule is CC1(OCC(=O)Nc2cc(F)cc(Cl)c2)CNC1. The summed E-state index contributed by atoms with van der Waals surface area (Å²) in [5.41, 5.74) is 0.0437. The van der Waals surface area contributed by atoms with Gasteiger partial charge in [-0.05, 0) is 25.1 Å². The first-order chi connectivity index (χ1) is 8.47. The van der Waals surface area contributed by atoms with Gasteiger partial charge in [0.2, 0.25) is 5.91 Å². The van der Waals surface area contributed by atoms with Gasteiger partial charge in [-0.2, -0.15) is 0 Å². The van der Waals surface area contributed by atoms with Gasteiger partial charge in [0.15, 0.2) is 0 Å². The van der Waals surface area contributed by atoms with E-state index in [4.69, 9.17) is 16.3 Å². The number of halogens is 2. The molecular formula is C12H14ClFN2O2. The Bertz CT molecular complexity index is 443. The number of hydrogen-bond acceptors (Lipinski definition) is 3. The molecule has 1 aromatic carbocycles. The number of benzene rings is 1. The zero-order valence-corrected chi connectivity index (χ0v) is 10.7. The summed E-state index contributed by atoms with van der Waals surface area (Å²) in [5, 5.41) is 5.84. The van der Waals surface area contributed by atoms with Crippen LogP contribution in [0.25, 0.3) is 0 Å². The van der Waals surface area contributed by atoms with Gasteiger partial charge in [-0.15, -0.1) is 0 Å². The lowest BCUT2D eigenvalue weighted by molar-refractivity contribution is -0.130. The molecule has 1 fully saturated rings. The second-order valence-corrected chi connectivity index (χ2v) is 4.98. The van der Waals surface area contributed by atoms with Crippen LogP contribution < -0.4 is 10.6 Å². The van der Waals surface area contributed by atoms with E-state index in [2.05, 4.69) is 10.6 Å². The summed E-state index contributed by atoms with van der Waals surface area (Å²) in [6.07, 6.45) is 0. The van der Waals surface area contributed by atoms with Gasteiger partial charge in [-0.25, -0.2) is 4.39 Å². The number of ether oxygens (including phenoxy) is 1. The third-order valence-corrected chi connectivity index (χ3v) is 2.91. The molecule has 0 aliphatic carbocycles. The Morgan fingerprint density at radius 3 is 2.83 bits per heavy atom. The van der Waals surface area contributed by atoms with Crippen LogP contribution in [-0.2, 0) is 9.53 Å². The molecule has 1 aromatic rings. The van der Waals surface area contributed by atoms with Gasteiger partial charge in [-0.3, -0.25) is 4.79 Å². The lowest BCUT2D eigenvalue weighted by Gasteiger charge is -2.38. The van der Waals surface area contributed by atoms with Crippen molar-refractivity contribution in [3.8, 4) is 0 Å². The Balaban J connectivity index is 1.86. The van der Waals surface area contributed by atoms with E-state index in [0.29, 0.717) is 5.69 Å². The molecule has 0 spiro atoms. The molecule has 1 aliphatic heterocycles. The number of carbonyl (C=O) groups is 1. The molecule has 1 aliphatic rings. The number of rotatable bonds is 4. The fourth-order valence-electron chi connectivity index (χ4n) is 1.64. The molecule has 1 saturated heterocycles. The molecule has 98 valence electrons. The Labute approximate surface area is 109 Å². The monoisotopic (exact) mass is 272 g/mol. The van der Waals surface area contributed by atoms with Crippen molar-refractivity contribution in [2.75, 3.05) is 25.0 Å². The van der Waals surface area contributed by atoms with Gasteiger partial charge in [0.25, 0.3) is 0 Å². The number of anilines is 1. The highest BCUT2D eigenvalue weighted by Crippen LogP contribution is 2.18. The van der Waals surface area contributed by atoms with Crippen molar-refractivity contribution in [1.29, 1.82) is 0 Å². The second kappa shape index (κ2) is 5.22. The summed E-state index contributed by atoms with van der Waals surface area (Å²) < 4.78 is 18.5. The summed E-state index contributed by atoms with van der Waals surface area (Å²) in [5.74, 6) is -0.821. The maximum atomic E-state index is 13.0. The van der Waals surface area contributed by atoms with Gasteiger partial charge < -0.3 is 15.4 Å². The van der Waals surface area contributed by atoms with Gasteiger partial charge in [0.1, 0.15) is 12.4 Å². The average Bonchev–Trinajstić information content (AvgIpc) is 2.22. The van der Waals surface area contributed by atoms with Crippen molar-refractivity contribution >= 4 is 23.2 Å². The molecule has 2 rings (SSSR count). The van der Waals surface area contributed by atoms with Crippen molar-refractivity contribution < 1.29 is 13.9 Å². The second-order valence-electron chi connectivity index (χ2n) is 4.55. The van der Waals surface area contributed by atoms with E-state index in [0.717, 1.165) is 13.1 Å². The molecule has 6 heteroatoms. The van der Waals surface area contributed by atoms with E-state index in [1.54, 1.807) is 0 Å². The lowest BCUT2D eigenvalue weighted by Crippen LogP contribution is -2.59. The van der Waals surface area contributed by atoms with Gasteiger partial charge in [-0.1, -0.05) is 11.6 Å². The van der Waals surface area contributed by atoms with Crippen LogP contribution in [0.15, 0.2) is 18.2 Å². The van der Waals surface area contributed by atoms with E-state index in [-0.39, 0.29) is 23.1 Å². The molecule has 1 amide bonds. The van der Waals surface area contributed by atoms with Gasteiger partial charge in [0, 0.05) is 23.8 Å². The smallest absolute Gasteiger partial charge is 0.250 e. The normalized spacial score (nSPS) is 17.1. The number of carbonyl (C=O) groups excluding carboxylic acids is 1. The summed E-state index contributed by atoms with van der Waals surface area (Å²) in [7, 11) is 0. The predicted molar refractivity (Wildman–Crippen MR) is 67.3 cm³/mol. The van der Waals surface area contributed by atoms with E-state index >= 15 is 0 Å².